The minimum Gasteiger partial charge on any atom is -0.296 e. The van der Waals surface area contributed by atoms with Crippen molar-refractivity contribution in [3.63, 3.8) is 0 Å². The number of aromatic nitrogens is 3. The second-order valence-corrected chi connectivity index (χ2v) is 8.65. The second-order valence-electron chi connectivity index (χ2n) is 8.24. The number of hydrogen-bond acceptors (Lipinski definition) is 6. The molecular formula is C23H23ClN6O2. The second kappa shape index (κ2) is 8.44. The van der Waals surface area contributed by atoms with Crippen LogP contribution in [-0.4, -0.2) is 43.4 Å². The summed E-state index contributed by atoms with van der Waals surface area (Å²) in [5.74, 6) is 2.29. The Morgan fingerprint density at radius 2 is 2.00 bits per heavy atom. The zero-order chi connectivity index (χ0) is 22.2. The largest absolute Gasteiger partial charge is 0.296 e. The molecule has 0 saturated heterocycles. The van der Waals surface area contributed by atoms with Crippen molar-refractivity contribution in [3.8, 4) is 5.69 Å². The number of non-ortho nitro benzene ring substituents is 1. The number of nitro benzene ring substituents is 1. The van der Waals surface area contributed by atoms with Gasteiger partial charge in [0.1, 0.15) is 6.54 Å². The molecule has 0 spiro atoms. The van der Waals surface area contributed by atoms with Crippen LogP contribution in [0.2, 0.25) is 5.02 Å². The molecule has 0 bridgehead atoms. The number of fused-ring (bicyclic) bond motifs is 3. The Hall–Kier alpha value is -3.10. The summed E-state index contributed by atoms with van der Waals surface area (Å²) in [6, 6.07) is 12.3. The zero-order valence-corrected chi connectivity index (χ0v) is 18.5. The molecule has 9 heteroatoms. The summed E-state index contributed by atoms with van der Waals surface area (Å²) in [6.45, 7) is 5.10. The van der Waals surface area contributed by atoms with Gasteiger partial charge in [0.05, 0.1) is 22.9 Å². The van der Waals surface area contributed by atoms with Crippen LogP contribution in [0.1, 0.15) is 42.5 Å². The van der Waals surface area contributed by atoms with Crippen LogP contribution in [0.4, 0.5) is 5.69 Å². The zero-order valence-electron chi connectivity index (χ0n) is 17.7. The molecule has 1 aliphatic carbocycles. The van der Waals surface area contributed by atoms with E-state index >= 15 is 0 Å². The maximum Gasteiger partial charge on any atom is 0.270 e. The normalized spacial score (nSPS) is 15.2. The van der Waals surface area contributed by atoms with Crippen LogP contribution >= 0.6 is 11.6 Å². The van der Waals surface area contributed by atoms with Gasteiger partial charge in [0, 0.05) is 34.8 Å². The van der Waals surface area contributed by atoms with Gasteiger partial charge in [-0.25, -0.2) is 0 Å². The highest BCUT2D eigenvalue weighted by molar-refractivity contribution is 6.35. The van der Waals surface area contributed by atoms with Crippen molar-refractivity contribution in [1.82, 2.24) is 19.7 Å². The van der Waals surface area contributed by atoms with Crippen molar-refractivity contribution in [3.05, 3.63) is 80.4 Å². The molecule has 0 N–H and O–H groups in total. The predicted molar refractivity (Wildman–Crippen MR) is 122 cm³/mol. The van der Waals surface area contributed by atoms with Crippen LogP contribution < -0.4 is 0 Å². The van der Waals surface area contributed by atoms with E-state index in [2.05, 4.69) is 22.0 Å². The number of hydrogen-bond donors (Lipinski definition) is 0. The van der Waals surface area contributed by atoms with Gasteiger partial charge in [-0.15, -0.1) is 10.2 Å². The Morgan fingerprint density at radius 3 is 2.72 bits per heavy atom. The van der Waals surface area contributed by atoms with E-state index in [1.165, 1.54) is 18.9 Å². The molecule has 0 radical (unpaired) electrons. The SMILES string of the molecule is CCN(Cc1nnc2n1-c1ccc([N+](=O)[O-])cc1C(c1ccccc1Cl)=NC2)CC1CC1. The number of benzene rings is 2. The minimum absolute atomic E-state index is 0.00509. The predicted octanol–water partition coefficient (Wildman–Crippen LogP) is 4.41. The molecule has 32 heavy (non-hydrogen) atoms. The standard InChI is InChI=1S/C23H23ClN6O2/c1-2-28(13-15-7-8-15)14-22-27-26-21-12-25-23(17-5-3-4-6-19(17)24)18-11-16(30(31)32)9-10-20(18)29(21)22/h3-6,9-11,15H,2,7-8,12-14H2,1H3. The smallest absolute Gasteiger partial charge is 0.270 e. The van der Waals surface area contributed by atoms with Crippen LogP contribution in [0.3, 0.4) is 0 Å². The molecule has 5 rings (SSSR count). The first-order valence-electron chi connectivity index (χ1n) is 10.8. The summed E-state index contributed by atoms with van der Waals surface area (Å²) in [5, 5.41) is 21.0. The first kappa shape index (κ1) is 20.8. The van der Waals surface area contributed by atoms with E-state index in [1.807, 2.05) is 22.8 Å². The van der Waals surface area contributed by atoms with E-state index in [1.54, 1.807) is 18.2 Å². The summed E-state index contributed by atoms with van der Waals surface area (Å²) < 4.78 is 2.00. The third-order valence-electron chi connectivity index (χ3n) is 6.02. The van der Waals surface area contributed by atoms with Crippen LogP contribution in [0, 0.1) is 16.0 Å². The van der Waals surface area contributed by atoms with Crippen LogP contribution in [-0.2, 0) is 13.1 Å². The number of rotatable bonds is 7. The van der Waals surface area contributed by atoms with Gasteiger partial charge in [-0.05, 0) is 37.4 Å². The molecule has 1 fully saturated rings. The lowest BCUT2D eigenvalue weighted by molar-refractivity contribution is -0.384. The molecule has 0 unspecified atom stereocenters. The minimum atomic E-state index is -0.391. The summed E-state index contributed by atoms with van der Waals surface area (Å²) >= 11 is 6.48. The van der Waals surface area contributed by atoms with Gasteiger partial charge in [0.2, 0.25) is 0 Å². The Kier molecular flexibility index (Phi) is 5.48. The molecule has 2 aliphatic rings. The van der Waals surface area contributed by atoms with E-state index in [0.29, 0.717) is 35.2 Å². The summed E-state index contributed by atoms with van der Waals surface area (Å²) in [4.78, 5) is 18.3. The summed E-state index contributed by atoms with van der Waals surface area (Å²) in [5.41, 5.74) is 2.79. The lowest BCUT2D eigenvalue weighted by Crippen LogP contribution is -2.27. The van der Waals surface area contributed by atoms with Gasteiger partial charge in [0.15, 0.2) is 11.6 Å². The lowest BCUT2D eigenvalue weighted by Gasteiger charge is -2.21. The summed E-state index contributed by atoms with van der Waals surface area (Å²) in [7, 11) is 0. The molecule has 2 aromatic carbocycles. The first-order chi connectivity index (χ1) is 15.5. The van der Waals surface area contributed by atoms with Crippen LogP contribution in [0.25, 0.3) is 5.69 Å². The van der Waals surface area contributed by atoms with Gasteiger partial charge >= 0.3 is 0 Å². The van der Waals surface area contributed by atoms with Crippen molar-refractivity contribution < 1.29 is 4.92 Å². The summed E-state index contributed by atoms with van der Waals surface area (Å²) in [6.07, 6.45) is 2.58. The van der Waals surface area contributed by atoms with Crippen molar-refractivity contribution in [2.45, 2.75) is 32.9 Å². The number of halogens is 1. The van der Waals surface area contributed by atoms with Gasteiger partial charge in [-0.3, -0.25) is 24.6 Å². The quantitative estimate of drug-likeness (QED) is 0.393. The maximum absolute atomic E-state index is 11.5. The fourth-order valence-corrected chi connectivity index (χ4v) is 4.37. The molecule has 1 aromatic heterocycles. The monoisotopic (exact) mass is 450 g/mol. The average Bonchev–Trinajstić information content (AvgIpc) is 3.55. The molecule has 1 saturated carbocycles. The number of nitrogens with zero attached hydrogens (tertiary/aromatic N) is 6. The molecule has 164 valence electrons. The Morgan fingerprint density at radius 1 is 1.19 bits per heavy atom. The van der Waals surface area contributed by atoms with Crippen molar-refractivity contribution in [2.75, 3.05) is 13.1 Å². The molecule has 0 atom stereocenters. The molecule has 2 heterocycles. The maximum atomic E-state index is 11.5. The highest BCUT2D eigenvalue weighted by Crippen LogP contribution is 2.32. The Balaban J connectivity index is 1.63. The van der Waals surface area contributed by atoms with Crippen molar-refractivity contribution in [2.24, 2.45) is 10.9 Å². The van der Waals surface area contributed by atoms with Gasteiger partial charge in [-0.1, -0.05) is 36.7 Å². The van der Waals surface area contributed by atoms with Crippen molar-refractivity contribution in [1.29, 1.82) is 0 Å². The molecule has 1 aliphatic heterocycles. The molecule has 0 amide bonds. The van der Waals surface area contributed by atoms with Crippen LogP contribution in [0.15, 0.2) is 47.5 Å². The first-order valence-corrected chi connectivity index (χ1v) is 11.2. The Bertz CT molecular complexity index is 1220. The average molecular weight is 451 g/mol. The van der Waals surface area contributed by atoms with E-state index in [-0.39, 0.29) is 5.69 Å². The fourth-order valence-electron chi connectivity index (χ4n) is 4.15. The topological polar surface area (TPSA) is 89.5 Å². The number of aliphatic imine (C=N–C) groups is 1. The van der Waals surface area contributed by atoms with Crippen LogP contribution in [0.5, 0.6) is 0 Å². The fraction of sp³-hybridized carbons (Fsp3) is 0.348. The molecule has 8 nitrogen and oxygen atoms in total. The van der Waals surface area contributed by atoms with E-state index in [9.17, 15) is 10.1 Å². The Labute approximate surface area is 190 Å². The third kappa shape index (κ3) is 3.91. The molecular weight excluding hydrogens is 428 g/mol. The van der Waals surface area contributed by atoms with Crippen molar-refractivity contribution >= 4 is 23.0 Å². The number of nitro groups is 1. The third-order valence-corrected chi connectivity index (χ3v) is 6.35. The van der Waals surface area contributed by atoms with Gasteiger partial charge in [0.25, 0.3) is 5.69 Å². The van der Waals surface area contributed by atoms with E-state index in [0.717, 1.165) is 36.1 Å². The van der Waals surface area contributed by atoms with Gasteiger partial charge < -0.3 is 0 Å². The van der Waals surface area contributed by atoms with Gasteiger partial charge in [-0.2, -0.15) is 0 Å². The lowest BCUT2D eigenvalue weighted by atomic mass is 9.99. The van der Waals surface area contributed by atoms with E-state index in [4.69, 9.17) is 16.6 Å². The highest BCUT2D eigenvalue weighted by atomic mass is 35.5. The van der Waals surface area contributed by atoms with E-state index < -0.39 is 4.92 Å². The highest BCUT2D eigenvalue weighted by Gasteiger charge is 2.28. The molecule has 3 aromatic rings.